The second-order valence-electron chi connectivity index (χ2n) is 4.71. The fourth-order valence-electron chi connectivity index (χ4n) is 2.63. The van der Waals surface area contributed by atoms with E-state index in [0.717, 1.165) is 38.4 Å². The fourth-order valence-corrected chi connectivity index (χ4v) is 2.63. The summed E-state index contributed by atoms with van der Waals surface area (Å²) in [6.45, 7) is 2.75. The highest BCUT2D eigenvalue weighted by molar-refractivity contribution is 5.86. The van der Waals surface area contributed by atoms with Crippen LogP contribution in [0.3, 0.4) is 0 Å². The summed E-state index contributed by atoms with van der Waals surface area (Å²) in [7, 11) is 0. The number of nitrogens with zero attached hydrogens (tertiary/aromatic N) is 2. The molecule has 5 nitrogen and oxygen atoms in total. The molecule has 0 amide bonds. The second-order valence-corrected chi connectivity index (χ2v) is 4.71. The molecular weight excluding hydrogens is 220 g/mol. The Morgan fingerprint density at radius 3 is 3.18 bits per heavy atom. The van der Waals surface area contributed by atoms with Gasteiger partial charge in [0.1, 0.15) is 0 Å². The highest BCUT2D eigenvalue weighted by atomic mass is 16.5. The van der Waals surface area contributed by atoms with E-state index in [1.807, 2.05) is 11.1 Å². The molecule has 0 bridgehead atoms. The molecule has 0 spiro atoms. The van der Waals surface area contributed by atoms with Crippen molar-refractivity contribution in [3.63, 3.8) is 0 Å². The van der Waals surface area contributed by atoms with Crippen molar-refractivity contribution in [1.29, 1.82) is 0 Å². The first-order chi connectivity index (χ1) is 8.24. The van der Waals surface area contributed by atoms with Gasteiger partial charge in [0.2, 0.25) is 5.88 Å². The molecule has 1 N–H and O–H groups in total. The largest absolute Gasteiger partial charge is 0.478 e. The number of hydrogen-bond acceptors (Lipinski definition) is 4. The van der Waals surface area contributed by atoms with Crippen LogP contribution in [0.2, 0.25) is 0 Å². The van der Waals surface area contributed by atoms with Gasteiger partial charge in [0.25, 0.3) is 0 Å². The Bertz CT molecular complexity index is 403. The Hall–Kier alpha value is -1.65. The number of ether oxygens (including phenoxy) is 1. The van der Waals surface area contributed by atoms with Gasteiger partial charge in [-0.2, -0.15) is 0 Å². The van der Waals surface area contributed by atoms with E-state index in [1.54, 1.807) is 6.20 Å². The molecule has 3 aliphatic heterocycles. The molecule has 3 rings (SSSR count). The summed E-state index contributed by atoms with van der Waals surface area (Å²) < 4.78 is 5.60. The molecule has 0 aromatic carbocycles. The van der Waals surface area contributed by atoms with Crippen LogP contribution in [0.4, 0.5) is 0 Å². The Labute approximate surface area is 99.9 Å². The normalized spacial score (nSPS) is 27.4. The van der Waals surface area contributed by atoms with E-state index in [-0.39, 0.29) is 0 Å². The molecule has 1 unspecified atom stereocenters. The predicted molar refractivity (Wildman–Crippen MR) is 60.8 cm³/mol. The maximum absolute atomic E-state index is 11.0. The number of aliphatic carboxylic acids is 1. The van der Waals surface area contributed by atoms with E-state index >= 15 is 0 Å². The van der Waals surface area contributed by atoms with Gasteiger partial charge >= 0.3 is 5.97 Å². The topological polar surface area (TPSA) is 53.0 Å². The SMILES string of the molecule is O=C(O)C1=CN2C=C3OCCCN3CC2CC1. The molecule has 1 fully saturated rings. The van der Waals surface area contributed by atoms with E-state index in [9.17, 15) is 4.79 Å². The van der Waals surface area contributed by atoms with Crippen molar-refractivity contribution in [2.24, 2.45) is 0 Å². The van der Waals surface area contributed by atoms with Crippen molar-refractivity contribution in [2.45, 2.75) is 25.3 Å². The minimum absolute atomic E-state index is 0.392. The minimum Gasteiger partial charge on any atom is -0.478 e. The van der Waals surface area contributed by atoms with E-state index in [4.69, 9.17) is 9.84 Å². The summed E-state index contributed by atoms with van der Waals surface area (Å²) in [5, 5.41) is 9.00. The molecule has 17 heavy (non-hydrogen) atoms. The zero-order chi connectivity index (χ0) is 11.8. The number of carboxylic acid groups (broad SMARTS) is 1. The van der Waals surface area contributed by atoms with E-state index < -0.39 is 5.97 Å². The van der Waals surface area contributed by atoms with E-state index in [0.29, 0.717) is 18.0 Å². The third-order valence-corrected chi connectivity index (χ3v) is 3.57. The summed E-state index contributed by atoms with van der Waals surface area (Å²) in [6.07, 6.45) is 6.32. The van der Waals surface area contributed by atoms with Crippen molar-refractivity contribution in [2.75, 3.05) is 19.7 Å². The Morgan fingerprint density at radius 2 is 2.35 bits per heavy atom. The summed E-state index contributed by atoms with van der Waals surface area (Å²) >= 11 is 0. The van der Waals surface area contributed by atoms with Crippen LogP contribution in [0, 0.1) is 0 Å². The molecule has 92 valence electrons. The Balaban J connectivity index is 1.86. The Kier molecular flexibility index (Phi) is 2.46. The fraction of sp³-hybridized carbons (Fsp3) is 0.583. The van der Waals surface area contributed by atoms with E-state index in [2.05, 4.69) is 4.90 Å². The maximum atomic E-state index is 11.0. The predicted octanol–water partition coefficient (Wildman–Crippen LogP) is 0.954. The Morgan fingerprint density at radius 1 is 1.47 bits per heavy atom. The molecule has 0 radical (unpaired) electrons. The molecule has 5 heteroatoms. The summed E-state index contributed by atoms with van der Waals surface area (Å²) in [4.78, 5) is 15.2. The van der Waals surface area contributed by atoms with Gasteiger partial charge < -0.3 is 19.6 Å². The summed E-state index contributed by atoms with van der Waals surface area (Å²) in [5.41, 5.74) is 0.488. The van der Waals surface area contributed by atoms with Gasteiger partial charge in [-0.1, -0.05) is 0 Å². The van der Waals surface area contributed by atoms with Crippen molar-refractivity contribution in [3.8, 4) is 0 Å². The van der Waals surface area contributed by atoms with Gasteiger partial charge in [0.15, 0.2) is 0 Å². The highest BCUT2D eigenvalue weighted by Crippen LogP contribution is 2.29. The number of fused-ring (bicyclic) bond motifs is 2. The number of carbonyl (C=O) groups is 1. The summed E-state index contributed by atoms with van der Waals surface area (Å²) in [5.74, 6) is 0.0734. The van der Waals surface area contributed by atoms with Crippen LogP contribution in [0.15, 0.2) is 23.9 Å². The average Bonchev–Trinajstić information content (AvgIpc) is 2.35. The summed E-state index contributed by atoms with van der Waals surface area (Å²) in [6, 6.07) is 0.392. The molecule has 0 aromatic heterocycles. The number of hydrogen-bond donors (Lipinski definition) is 1. The van der Waals surface area contributed by atoms with Crippen LogP contribution >= 0.6 is 0 Å². The maximum Gasteiger partial charge on any atom is 0.333 e. The average molecular weight is 236 g/mol. The molecule has 0 saturated carbocycles. The molecule has 1 atom stereocenters. The third kappa shape index (κ3) is 1.85. The zero-order valence-electron chi connectivity index (χ0n) is 9.63. The van der Waals surface area contributed by atoms with Crippen LogP contribution in [-0.4, -0.2) is 46.6 Å². The molecule has 0 aromatic rings. The standard InChI is InChI=1S/C12H16N2O3/c15-12(16)9-2-3-10-7-13-4-1-5-17-11(13)8-14(10)6-9/h6,8,10H,1-5,7H2,(H,15,16). The van der Waals surface area contributed by atoms with Gasteiger partial charge in [0, 0.05) is 19.3 Å². The van der Waals surface area contributed by atoms with Crippen molar-refractivity contribution < 1.29 is 14.6 Å². The highest BCUT2D eigenvalue weighted by Gasteiger charge is 2.32. The second kappa shape index (κ2) is 3.98. The van der Waals surface area contributed by atoms with Gasteiger partial charge in [0.05, 0.1) is 24.4 Å². The van der Waals surface area contributed by atoms with E-state index in [1.165, 1.54) is 0 Å². The smallest absolute Gasteiger partial charge is 0.333 e. The van der Waals surface area contributed by atoms with Crippen molar-refractivity contribution >= 4 is 5.97 Å². The molecule has 1 saturated heterocycles. The molecular formula is C12H16N2O3. The lowest BCUT2D eigenvalue weighted by atomic mass is 9.99. The molecule has 3 aliphatic rings. The van der Waals surface area contributed by atoms with Crippen LogP contribution in [-0.2, 0) is 9.53 Å². The molecule has 0 aliphatic carbocycles. The lowest BCUT2D eigenvalue weighted by Crippen LogP contribution is -2.48. The minimum atomic E-state index is -0.811. The first-order valence-corrected chi connectivity index (χ1v) is 6.05. The number of rotatable bonds is 1. The first kappa shape index (κ1) is 10.5. The quantitative estimate of drug-likeness (QED) is 0.734. The van der Waals surface area contributed by atoms with Gasteiger partial charge in [-0.15, -0.1) is 0 Å². The van der Waals surface area contributed by atoms with Crippen molar-refractivity contribution in [3.05, 3.63) is 23.9 Å². The monoisotopic (exact) mass is 236 g/mol. The lowest BCUT2D eigenvalue weighted by molar-refractivity contribution is -0.133. The van der Waals surface area contributed by atoms with Crippen LogP contribution in [0.5, 0.6) is 0 Å². The lowest BCUT2D eigenvalue weighted by Gasteiger charge is -2.43. The third-order valence-electron chi connectivity index (χ3n) is 3.57. The van der Waals surface area contributed by atoms with Gasteiger partial charge in [-0.25, -0.2) is 4.79 Å². The van der Waals surface area contributed by atoms with Crippen molar-refractivity contribution in [1.82, 2.24) is 9.80 Å². The van der Waals surface area contributed by atoms with Crippen LogP contribution in [0.1, 0.15) is 19.3 Å². The molecule has 3 heterocycles. The van der Waals surface area contributed by atoms with Gasteiger partial charge in [-0.3, -0.25) is 0 Å². The number of carboxylic acids is 1. The zero-order valence-corrected chi connectivity index (χ0v) is 9.63. The van der Waals surface area contributed by atoms with Gasteiger partial charge in [-0.05, 0) is 19.3 Å². The van der Waals surface area contributed by atoms with Crippen LogP contribution in [0.25, 0.3) is 0 Å². The van der Waals surface area contributed by atoms with Crippen LogP contribution < -0.4 is 0 Å². The first-order valence-electron chi connectivity index (χ1n) is 6.05.